The summed E-state index contributed by atoms with van der Waals surface area (Å²) in [6, 6.07) is 3.63. The van der Waals surface area contributed by atoms with Crippen molar-refractivity contribution in [1.82, 2.24) is 9.79 Å². The van der Waals surface area contributed by atoms with Crippen LogP contribution >= 0.6 is 0 Å². The maximum absolute atomic E-state index is 12.5. The predicted octanol–water partition coefficient (Wildman–Crippen LogP) is 1.88. The van der Waals surface area contributed by atoms with Gasteiger partial charge < -0.3 is 4.74 Å². The Bertz CT molecular complexity index is 647. The number of nitrogens with zero attached hydrogens (tertiary/aromatic N) is 1. The Morgan fingerprint density at radius 1 is 1.29 bits per heavy atom. The molecule has 0 aliphatic carbocycles. The van der Waals surface area contributed by atoms with Crippen LogP contribution in [0.15, 0.2) is 29.2 Å². The first-order valence-corrected chi connectivity index (χ1v) is 8.33. The van der Waals surface area contributed by atoms with Crippen LogP contribution in [0.3, 0.4) is 0 Å². The summed E-state index contributed by atoms with van der Waals surface area (Å²) in [5, 5.41) is 8.55. The zero-order chi connectivity index (χ0) is 18.4. The smallest absolute Gasteiger partial charge is 0.406 e. The molecule has 136 valence electrons. The number of benzene rings is 1. The Morgan fingerprint density at radius 3 is 2.33 bits per heavy atom. The van der Waals surface area contributed by atoms with Gasteiger partial charge in [0.15, 0.2) is 0 Å². The molecule has 7 nitrogen and oxygen atoms in total. The van der Waals surface area contributed by atoms with Gasteiger partial charge in [0.1, 0.15) is 5.75 Å². The van der Waals surface area contributed by atoms with Gasteiger partial charge in [-0.3, -0.25) is 10.0 Å². The average Bonchev–Trinajstić information content (AvgIpc) is 2.49. The molecule has 0 saturated heterocycles. The highest BCUT2D eigenvalue weighted by Crippen LogP contribution is 2.25. The number of sulfonamides is 1. The fraction of sp³-hybridized carbons (Fsp3) is 0.462. The van der Waals surface area contributed by atoms with Crippen LogP contribution in [0, 0.1) is 0 Å². The van der Waals surface area contributed by atoms with Crippen LogP contribution in [0.2, 0.25) is 0 Å². The lowest BCUT2D eigenvalue weighted by Crippen LogP contribution is -2.40. The average molecular weight is 370 g/mol. The Balaban J connectivity index is 3.02. The molecule has 0 atom stereocenters. The van der Waals surface area contributed by atoms with E-state index >= 15 is 0 Å². The molecular weight excluding hydrogens is 353 g/mol. The van der Waals surface area contributed by atoms with Crippen molar-refractivity contribution in [3.63, 3.8) is 0 Å². The zero-order valence-electron chi connectivity index (χ0n) is 12.7. The maximum Gasteiger partial charge on any atom is 0.573 e. The third kappa shape index (κ3) is 5.98. The molecule has 1 amide bonds. The van der Waals surface area contributed by atoms with Crippen LogP contribution in [0.4, 0.5) is 13.2 Å². The number of rotatable bonds is 8. The SMILES string of the molecule is CCCCN(CC(=O)NO)S(=O)(=O)c1ccc(OC(F)(F)F)cc1. The molecule has 1 rings (SSSR count). The number of hydrogen-bond donors (Lipinski definition) is 2. The van der Waals surface area contributed by atoms with E-state index in [1.54, 1.807) is 0 Å². The summed E-state index contributed by atoms with van der Waals surface area (Å²) < 4.78 is 65.8. The molecule has 0 aliphatic heterocycles. The van der Waals surface area contributed by atoms with Gasteiger partial charge in [0.25, 0.3) is 5.91 Å². The van der Waals surface area contributed by atoms with Crippen LogP contribution in [0.1, 0.15) is 19.8 Å². The first kappa shape index (κ1) is 20.2. The first-order valence-electron chi connectivity index (χ1n) is 6.89. The molecule has 0 spiro atoms. The monoisotopic (exact) mass is 370 g/mol. The molecule has 0 heterocycles. The highest BCUT2D eigenvalue weighted by molar-refractivity contribution is 7.89. The quantitative estimate of drug-likeness (QED) is 0.538. The maximum atomic E-state index is 12.5. The van der Waals surface area contributed by atoms with Crippen molar-refractivity contribution in [2.24, 2.45) is 0 Å². The Morgan fingerprint density at radius 2 is 1.88 bits per heavy atom. The topological polar surface area (TPSA) is 95.9 Å². The van der Waals surface area contributed by atoms with E-state index < -0.39 is 34.6 Å². The molecule has 0 aliphatic rings. The number of hydroxylamine groups is 1. The fourth-order valence-corrected chi connectivity index (χ4v) is 3.21. The Labute approximate surface area is 137 Å². The molecule has 11 heteroatoms. The van der Waals surface area contributed by atoms with Crippen molar-refractivity contribution in [1.29, 1.82) is 0 Å². The molecule has 24 heavy (non-hydrogen) atoms. The summed E-state index contributed by atoms with van der Waals surface area (Å²) in [6.07, 6.45) is -3.76. The Hall–Kier alpha value is -1.85. The second-order valence-electron chi connectivity index (χ2n) is 4.75. The first-order chi connectivity index (χ1) is 11.1. The van der Waals surface area contributed by atoms with Gasteiger partial charge in [0.2, 0.25) is 10.0 Å². The Kier molecular flexibility index (Phi) is 6.99. The van der Waals surface area contributed by atoms with E-state index in [0.717, 1.165) is 28.6 Å². The summed E-state index contributed by atoms with van der Waals surface area (Å²) in [5.74, 6) is -1.48. The normalized spacial score (nSPS) is 12.2. The van der Waals surface area contributed by atoms with Crippen LogP contribution in [0.25, 0.3) is 0 Å². The number of halogens is 3. The molecule has 0 saturated carbocycles. The zero-order valence-corrected chi connectivity index (χ0v) is 13.5. The van der Waals surface area contributed by atoms with Gasteiger partial charge in [0.05, 0.1) is 11.4 Å². The third-order valence-electron chi connectivity index (χ3n) is 2.90. The number of amides is 1. The van der Waals surface area contributed by atoms with Crippen molar-refractivity contribution >= 4 is 15.9 Å². The van der Waals surface area contributed by atoms with Crippen LogP contribution < -0.4 is 10.2 Å². The number of unbranched alkanes of at least 4 members (excludes halogenated alkanes) is 1. The summed E-state index contributed by atoms with van der Waals surface area (Å²) in [5.41, 5.74) is 1.34. The minimum Gasteiger partial charge on any atom is -0.406 e. The second-order valence-corrected chi connectivity index (χ2v) is 6.68. The van der Waals surface area contributed by atoms with E-state index in [9.17, 15) is 26.4 Å². The standard InChI is InChI=1S/C13H17F3N2O5S/c1-2-3-8-18(9-12(19)17-20)24(21,22)11-6-4-10(5-7-11)23-13(14,15)16/h4-7,20H,2-3,8-9H2,1H3,(H,17,19). The van der Waals surface area contributed by atoms with E-state index in [4.69, 9.17) is 5.21 Å². The molecular formula is C13H17F3N2O5S. The lowest BCUT2D eigenvalue weighted by atomic mass is 10.3. The number of carbonyl (C=O) groups excluding carboxylic acids is 1. The van der Waals surface area contributed by atoms with E-state index in [1.165, 1.54) is 5.48 Å². The van der Waals surface area contributed by atoms with Gasteiger partial charge >= 0.3 is 6.36 Å². The predicted molar refractivity (Wildman–Crippen MR) is 76.7 cm³/mol. The molecule has 0 unspecified atom stereocenters. The van der Waals surface area contributed by atoms with E-state index in [0.29, 0.717) is 12.8 Å². The second kappa shape index (κ2) is 8.31. The van der Waals surface area contributed by atoms with Gasteiger partial charge in [-0.1, -0.05) is 13.3 Å². The van der Waals surface area contributed by atoms with Crippen molar-refractivity contribution in [3.8, 4) is 5.75 Å². The molecule has 1 aromatic rings. The van der Waals surface area contributed by atoms with E-state index in [-0.39, 0.29) is 11.4 Å². The summed E-state index contributed by atoms with van der Waals surface area (Å²) in [4.78, 5) is 11.0. The minimum absolute atomic E-state index is 0.0209. The summed E-state index contributed by atoms with van der Waals surface area (Å²) >= 11 is 0. The number of hydrogen-bond acceptors (Lipinski definition) is 5. The number of carbonyl (C=O) groups is 1. The largest absolute Gasteiger partial charge is 0.573 e. The lowest BCUT2D eigenvalue weighted by Gasteiger charge is -2.21. The highest BCUT2D eigenvalue weighted by Gasteiger charge is 2.31. The molecule has 2 N–H and O–H groups in total. The molecule has 0 aromatic heterocycles. The highest BCUT2D eigenvalue weighted by atomic mass is 32.2. The lowest BCUT2D eigenvalue weighted by molar-refractivity contribution is -0.274. The summed E-state index contributed by atoms with van der Waals surface area (Å²) in [6.45, 7) is 1.23. The molecule has 0 fully saturated rings. The molecule has 0 bridgehead atoms. The minimum atomic E-state index is -4.88. The van der Waals surface area contributed by atoms with Gasteiger partial charge in [-0.05, 0) is 30.7 Å². The van der Waals surface area contributed by atoms with Gasteiger partial charge in [-0.25, -0.2) is 13.9 Å². The van der Waals surface area contributed by atoms with Gasteiger partial charge in [0, 0.05) is 6.54 Å². The van der Waals surface area contributed by atoms with Crippen molar-refractivity contribution in [3.05, 3.63) is 24.3 Å². The van der Waals surface area contributed by atoms with Crippen molar-refractivity contribution in [2.45, 2.75) is 31.0 Å². The molecule has 0 radical (unpaired) electrons. The summed E-state index contributed by atoms with van der Waals surface area (Å²) in [7, 11) is -4.11. The van der Waals surface area contributed by atoms with Crippen molar-refractivity contribution in [2.75, 3.05) is 13.1 Å². The molecule has 1 aromatic carbocycles. The van der Waals surface area contributed by atoms with Gasteiger partial charge in [-0.2, -0.15) is 4.31 Å². The van der Waals surface area contributed by atoms with Crippen LogP contribution in [0.5, 0.6) is 5.75 Å². The van der Waals surface area contributed by atoms with Crippen molar-refractivity contribution < 1.29 is 36.3 Å². The van der Waals surface area contributed by atoms with E-state index in [2.05, 4.69) is 4.74 Å². The number of alkyl halides is 3. The van der Waals surface area contributed by atoms with Crippen LogP contribution in [-0.2, 0) is 14.8 Å². The van der Waals surface area contributed by atoms with E-state index in [1.807, 2.05) is 6.92 Å². The fourth-order valence-electron chi connectivity index (χ4n) is 1.78. The number of nitrogens with one attached hydrogen (secondary N) is 1. The third-order valence-corrected chi connectivity index (χ3v) is 4.76. The van der Waals surface area contributed by atoms with Gasteiger partial charge in [-0.15, -0.1) is 13.2 Å². The van der Waals surface area contributed by atoms with Crippen LogP contribution in [-0.4, -0.2) is 43.3 Å². The number of ether oxygens (including phenoxy) is 1.